The van der Waals surface area contributed by atoms with Crippen LogP contribution in [-0.4, -0.2) is 20.6 Å². The Morgan fingerprint density at radius 3 is 2.48 bits per heavy atom. The number of hydrogen-bond acceptors (Lipinski definition) is 3. The first kappa shape index (κ1) is 17.1. The third-order valence-electron chi connectivity index (χ3n) is 2.75. The Balaban J connectivity index is 2.06. The van der Waals surface area contributed by atoms with Gasteiger partial charge < -0.3 is 5.32 Å². The van der Waals surface area contributed by atoms with Crippen molar-refractivity contribution < 1.29 is 13.2 Å². The van der Waals surface area contributed by atoms with Crippen LogP contribution >= 0.6 is 11.6 Å². The molecule has 0 radical (unpaired) electrons. The van der Waals surface area contributed by atoms with Crippen LogP contribution in [0.15, 0.2) is 54.6 Å². The molecule has 0 unspecified atom stereocenters. The zero-order valence-corrected chi connectivity index (χ0v) is 13.9. The van der Waals surface area contributed by atoms with E-state index in [1.54, 1.807) is 42.5 Å². The monoisotopic (exact) mass is 350 g/mol. The second kappa shape index (κ2) is 7.30. The number of anilines is 2. The third-order valence-corrected chi connectivity index (χ3v) is 3.70. The van der Waals surface area contributed by atoms with Crippen molar-refractivity contribution in [3.05, 3.63) is 65.2 Å². The Morgan fingerprint density at radius 1 is 1.09 bits per heavy atom. The van der Waals surface area contributed by atoms with Gasteiger partial charge in [-0.2, -0.15) is 0 Å². The van der Waals surface area contributed by atoms with E-state index in [0.29, 0.717) is 16.4 Å². The lowest BCUT2D eigenvalue weighted by atomic mass is 10.2. The molecule has 120 valence electrons. The highest BCUT2D eigenvalue weighted by atomic mass is 35.5. The van der Waals surface area contributed by atoms with Crippen molar-refractivity contribution in [3.8, 4) is 0 Å². The fraction of sp³-hybridized carbons (Fsp3) is 0.0625. The lowest BCUT2D eigenvalue weighted by Gasteiger charge is -2.07. The second-order valence-corrected chi connectivity index (χ2v) is 6.95. The van der Waals surface area contributed by atoms with E-state index in [4.69, 9.17) is 11.6 Å². The fourth-order valence-electron chi connectivity index (χ4n) is 1.83. The molecular formula is C16H15ClN2O3S. The van der Waals surface area contributed by atoms with Crippen LogP contribution in [0.25, 0.3) is 6.08 Å². The number of carbonyl (C=O) groups is 1. The Labute approximate surface area is 140 Å². The van der Waals surface area contributed by atoms with Gasteiger partial charge in [-0.3, -0.25) is 9.52 Å². The molecule has 2 rings (SSSR count). The smallest absolute Gasteiger partial charge is 0.248 e. The predicted molar refractivity (Wildman–Crippen MR) is 94.0 cm³/mol. The van der Waals surface area contributed by atoms with Gasteiger partial charge in [0.2, 0.25) is 15.9 Å². The van der Waals surface area contributed by atoms with E-state index in [9.17, 15) is 13.2 Å². The minimum absolute atomic E-state index is 0.346. The largest absolute Gasteiger partial charge is 0.322 e. The third kappa shape index (κ3) is 5.77. The maximum atomic E-state index is 11.9. The Bertz CT molecular complexity index is 848. The van der Waals surface area contributed by atoms with Crippen molar-refractivity contribution in [2.75, 3.05) is 16.3 Å². The molecule has 0 saturated carbocycles. The minimum Gasteiger partial charge on any atom is -0.322 e. The summed E-state index contributed by atoms with van der Waals surface area (Å²) in [7, 11) is -3.36. The summed E-state index contributed by atoms with van der Waals surface area (Å²) in [5.41, 5.74) is 1.59. The SMILES string of the molecule is CS(=O)(=O)Nc1cccc(NC(=O)/C=C/c2ccccc2Cl)c1. The number of hydrogen-bond donors (Lipinski definition) is 2. The molecule has 7 heteroatoms. The van der Waals surface area contributed by atoms with Crippen molar-refractivity contribution in [2.45, 2.75) is 0 Å². The van der Waals surface area contributed by atoms with Gasteiger partial charge in [-0.05, 0) is 35.9 Å². The van der Waals surface area contributed by atoms with E-state index in [0.717, 1.165) is 11.8 Å². The van der Waals surface area contributed by atoms with Gasteiger partial charge in [-0.1, -0.05) is 35.9 Å². The average molecular weight is 351 g/mol. The maximum absolute atomic E-state index is 11.9. The standard InChI is InChI=1S/C16H15ClN2O3S/c1-23(21,22)19-14-7-4-6-13(11-14)18-16(20)10-9-12-5-2-3-8-15(12)17/h2-11,19H,1H3,(H,18,20)/b10-9+. The van der Waals surface area contributed by atoms with Gasteiger partial charge in [0.05, 0.1) is 11.9 Å². The van der Waals surface area contributed by atoms with E-state index in [-0.39, 0.29) is 5.91 Å². The molecule has 0 saturated heterocycles. The maximum Gasteiger partial charge on any atom is 0.248 e. The lowest BCUT2D eigenvalue weighted by molar-refractivity contribution is -0.111. The number of benzene rings is 2. The zero-order chi connectivity index (χ0) is 16.9. The molecule has 0 aliphatic rings. The van der Waals surface area contributed by atoms with Gasteiger partial charge >= 0.3 is 0 Å². The topological polar surface area (TPSA) is 75.3 Å². The summed E-state index contributed by atoms with van der Waals surface area (Å²) in [5, 5.41) is 3.21. The second-order valence-electron chi connectivity index (χ2n) is 4.80. The Hall–Kier alpha value is -2.31. The molecule has 0 atom stereocenters. The highest BCUT2D eigenvalue weighted by molar-refractivity contribution is 7.92. The van der Waals surface area contributed by atoms with Gasteiger partial charge in [0.1, 0.15) is 0 Å². The number of rotatable bonds is 5. The van der Waals surface area contributed by atoms with E-state index in [1.807, 2.05) is 6.07 Å². The van der Waals surface area contributed by atoms with E-state index in [1.165, 1.54) is 12.1 Å². The van der Waals surface area contributed by atoms with Crippen LogP contribution in [0.3, 0.4) is 0 Å². The molecule has 0 fully saturated rings. The number of amides is 1. The van der Waals surface area contributed by atoms with Crippen molar-refractivity contribution in [3.63, 3.8) is 0 Å². The molecular weight excluding hydrogens is 336 g/mol. The van der Waals surface area contributed by atoms with E-state index in [2.05, 4.69) is 10.0 Å². The first-order valence-electron chi connectivity index (χ1n) is 6.65. The van der Waals surface area contributed by atoms with E-state index >= 15 is 0 Å². The van der Waals surface area contributed by atoms with Crippen LogP contribution in [-0.2, 0) is 14.8 Å². The zero-order valence-electron chi connectivity index (χ0n) is 12.3. The summed E-state index contributed by atoms with van der Waals surface area (Å²) >= 11 is 6.00. The number of sulfonamides is 1. The molecule has 0 spiro atoms. The molecule has 0 bridgehead atoms. The number of nitrogens with one attached hydrogen (secondary N) is 2. The van der Waals surface area contributed by atoms with Crippen LogP contribution in [0.1, 0.15) is 5.56 Å². The molecule has 2 N–H and O–H groups in total. The highest BCUT2D eigenvalue weighted by Crippen LogP contribution is 2.18. The van der Waals surface area contributed by atoms with Gasteiger partial charge in [-0.25, -0.2) is 8.42 Å². The van der Waals surface area contributed by atoms with Gasteiger partial charge in [0, 0.05) is 16.8 Å². The van der Waals surface area contributed by atoms with Crippen LogP contribution in [0.4, 0.5) is 11.4 Å². The summed E-state index contributed by atoms with van der Waals surface area (Å²) in [6, 6.07) is 13.6. The van der Waals surface area contributed by atoms with E-state index < -0.39 is 10.0 Å². The van der Waals surface area contributed by atoms with Crippen molar-refractivity contribution in [1.82, 2.24) is 0 Å². The highest BCUT2D eigenvalue weighted by Gasteiger charge is 2.04. The van der Waals surface area contributed by atoms with Crippen molar-refractivity contribution in [1.29, 1.82) is 0 Å². The number of carbonyl (C=O) groups excluding carboxylic acids is 1. The molecule has 0 aliphatic heterocycles. The molecule has 2 aromatic carbocycles. The van der Waals surface area contributed by atoms with Crippen LogP contribution in [0.5, 0.6) is 0 Å². The summed E-state index contributed by atoms with van der Waals surface area (Å²) in [4.78, 5) is 11.9. The summed E-state index contributed by atoms with van der Waals surface area (Å²) in [5.74, 6) is -0.346. The van der Waals surface area contributed by atoms with Gasteiger partial charge in [0.25, 0.3) is 0 Å². The molecule has 23 heavy (non-hydrogen) atoms. The van der Waals surface area contributed by atoms with Gasteiger partial charge in [0.15, 0.2) is 0 Å². The fourth-order valence-corrected chi connectivity index (χ4v) is 2.59. The average Bonchev–Trinajstić information content (AvgIpc) is 2.45. The van der Waals surface area contributed by atoms with Crippen LogP contribution in [0, 0.1) is 0 Å². The van der Waals surface area contributed by atoms with Crippen LogP contribution < -0.4 is 10.0 Å². The van der Waals surface area contributed by atoms with Gasteiger partial charge in [-0.15, -0.1) is 0 Å². The summed E-state index contributed by atoms with van der Waals surface area (Å²) in [6.07, 6.45) is 4.03. The predicted octanol–water partition coefficient (Wildman–Crippen LogP) is 3.36. The Kier molecular flexibility index (Phi) is 5.41. The number of halogens is 1. The quantitative estimate of drug-likeness (QED) is 0.812. The normalized spacial score (nSPS) is 11.4. The molecule has 0 aromatic heterocycles. The first-order valence-corrected chi connectivity index (χ1v) is 8.92. The lowest BCUT2D eigenvalue weighted by Crippen LogP contribution is -2.11. The molecule has 2 aromatic rings. The Morgan fingerprint density at radius 2 is 1.78 bits per heavy atom. The first-order chi connectivity index (χ1) is 10.8. The molecule has 0 heterocycles. The molecule has 1 amide bonds. The molecule has 5 nitrogen and oxygen atoms in total. The minimum atomic E-state index is -3.36. The summed E-state index contributed by atoms with van der Waals surface area (Å²) < 4.78 is 24.8. The molecule has 0 aliphatic carbocycles. The van der Waals surface area contributed by atoms with Crippen LogP contribution in [0.2, 0.25) is 5.02 Å². The van der Waals surface area contributed by atoms with Crippen molar-refractivity contribution >= 4 is 45.0 Å². The van der Waals surface area contributed by atoms with Crippen molar-refractivity contribution in [2.24, 2.45) is 0 Å². The summed E-state index contributed by atoms with van der Waals surface area (Å²) in [6.45, 7) is 0.